The van der Waals surface area contributed by atoms with Crippen LogP contribution in [0.1, 0.15) is 11.3 Å². The average Bonchev–Trinajstić information content (AvgIpc) is 2.39. The standard InChI is InChI=1S/C15H15N3O3/c1-3-6-17(10-14(20)21)9-12-8-13(19)18-7-4-5-11(2)15(18)16-12/h1,4-5,7-8H,6,9-10H2,2H3,(H,20,21). The van der Waals surface area contributed by atoms with Crippen molar-refractivity contribution in [3.63, 3.8) is 0 Å². The minimum atomic E-state index is -0.973. The maximum absolute atomic E-state index is 12.1. The van der Waals surface area contributed by atoms with Gasteiger partial charge in [0.25, 0.3) is 5.56 Å². The van der Waals surface area contributed by atoms with E-state index in [9.17, 15) is 9.59 Å². The number of carboxylic acids is 1. The molecule has 6 heteroatoms. The molecule has 0 unspecified atom stereocenters. The van der Waals surface area contributed by atoms with Crippen LogP contribution >= 0.6 is 0 Å². The van der Waals surface area contributed by atoms with Crippen LogP contribution in [0.2, 0.25) is 0 Å². The van der Waals surface area contributed by atoms with Crippen LogP contribution in [0.3, 0.4) is 0 Å². The van der Waals surface area contributed by atoms with Crippen LogP contribution in [0.15, 0.2) is 29.2 Å². The number of terminal acetylenes is 1. The molecule has 2 heterocycles. The highest BCUT2D eigenvalue weighted by Gasteiger charge is 2.12. The van der Waals surface area contributed by atoms with Gasteiger partial charge >= 0.3 is 5.97 Å². The molecule has 6 nitrogen and oxygen atoms in total. The van der Waals surface area contributed by atoms with Gasteiger partial charge in [-0.25, -0.2) is 4.98 Å². The van der Waals surface area contributed by atoms with Crippen molar-refractivity contribution in [1.29, 1.82) is 0 Å². The highest BCUT2D eigenvalue weighted by atomic mass is 16.4. The molecule has 0 saturated heterocycles. The van der Waals surface area contributed by atoms with E-state index < -0.39 is 5.97 Å². The Hall–Kier alpha value is -2.65. The van der Waals surface area contributed by atoms with Crippen molar-refractivity contribution in [2.24, 2.45) is 0 Å². The first-order valence-electron chi connectivity index (χ1n) is 6.37. The van der Waals surface area contributed by atoms with Gasteiger partial charge in [0.1, 0.15) is 5.65 Å². The summed E-state index contributed by atoms with van der Waals surface area (Å²) in [4.78, 5) is 28.8. The fraction of sp³-hybridized carbons (Fsp3) is 0.267. The summed E-state index contributed by atoms with van der Waals surface area (Å²) in [5.41, 5.74) is 1.75. The van der Waals surface area contributed by atoms with Crippen LogP contribution in [0.5, 0.6) is 0 Å². The first kappa shape index (κ1) is 14.8. The van der Waals surface area contributed by atoms with E-state index in [0.717, 1.165) is 5.56 Å². The van der Waals surface area contributed by atoms with Crippen molar-refractivity contribution in [2.75, 3.05) is 13.1 Å². The third-order valence-electron chi connectivity index (χ3n) is 3.00. The zero-order valence-electron chi connectivity index (χ0n) is 11.6. The van der Waals surface area contributed by atoms with E-state index in [-0.39, 0.29) is 25.2 Å². The molecule has 0 aliphatic rings. The van der Waals surface area contributed by atoms with Crippen LogP contribution < -0.4 is 5.56 Å². The second kappa shape index (κ2) is 6.20. The van der Waals surface area contributed by atoms with Crippen molar-refractivity contribution >= 4 is 11.6 Å². The lowest BCUT2D eigenvalue weighted by Crippen LogP contribution is -2.31. The molecule has 0 amide bonds. The van der Waals surface area contributed by atoms with E-state index in [2.05, 4.69) is 10.9 Å². The molecule has 2 aromatic heterocycles. The number of aryl methyl sites for hydroxylation is 1. The predicted molar refractivity (Wildman–Crippen MR) is 77.9 cm³/mol. The molecule has 0 aliphatic heterocycles. The molecule has 0 spiro atoms. The van der Waals surface area contributed by atoms with Crippen LogP contribution in [0, 0.1) is 19.3 Å². The Kier molecular flexibility index (Phi) is 4.36. The van der Waals surface area contributed by atoms with Crippen molar-refractivity contribution in [2.45, 2.75) is 13.5 Å². The third kappa shape index (κ3) is 3.46. The Morgan fingerprint density at radius 3 is 3.00 bits per heavy atom. The van der Waals surface area contributed by atoms with E-state index in [1.165, 1.54) is 10.5 Å². The Morgan fingerprint density at radius 1 is 1.57 bits per heavy atom. The summed E-state index contributed by atoms with van der Waals surface area (Å²) in [6.07, 6.45) is 6.88. The van der Waals surface area contributed by atoms with Crippen LogP contribution in [-0.4, -0.2) is 38.4 Å². The summed E-state index contributed by atoms with van der Waals surface area (Å²) in [5.74, 6) is 1.43. The Bertz CT molecular complexity index is 774. The SMILES string of the molecule is C#CCN(CC(=O)O)Cc1cc(=O)n2cccc(C)c2n1. The minimum Gasteiger partial charge on any atom is -0.480 e. The largest absolute Gasteiger partial charge is 0.480 e. The molecule has 0 bridgehead atoms. The number of rotatable bonds is 5. The molecule has 2 rings (SSSR count). The van der Waals surface area contributed by atoms with Crippen molar-refractivity contribution in [3.8, 4) is 12.3 Å². The minimum absolute atomic E-state index is 0.182. The quantitative estimate of drug-likeness (QED) is 0.811. The van der Waals surface area contributed by atoms with Crippen LogP contribution in [0.4, 0.5) is 0 Å². The first-order valence-corrected chi connectivity index (χ1v) is 6.37. The molecule has 108 valence electrons. The molecule has 0 fully saturated rings. The number of hydrogen-bond donors (Lipinski definition) is 1. The molecular formula is C15H15N3O3. The first-order chi connectivity index (χ1) is 10.0. The number of carboxylic acid groups (broad SMARTS) is 1. The molecule has 0 aromatic carbocycles. The number of carbonyl (C=O) groups is 1. The van der Waals surface area contributed by atoms with Gasteiger partial charge in [-0.1, -0.05) is 12.0 Å². The lowest BCUT2D eigenvalue weighted by molar-refractivity contribution is -0.138. The predicted octanol–water partition coefficient (Wildman–Crippen LogP) is 0.523. The second-order valence-corrected chi connectivity index (χ2v) is 4.71. The van der Waals surface area contributed by atoms with Gasteiger partial charge in [0.15, 0.2) is 0 Å². The fourth-order valence-corrected chi connectivity index (χ4v) is 2.11. The molecule has 0 saturated carbocycles. The van der Waals surface area contributed by atoms with Gasteiger partial charge in [0, 0.05) is 18.8 Å². The lowest BCUT2D eigenvalue weighted by atomic mass is 10.2. The highest BCUT2D eigenvalue weighted by Crippen LogP contribution is 2.07. The molecule has 2 aromatic rings. The number of fused-ring (bicyclic) bond motifs is 1. The van der Waals surface area contributed by atoms with Crippen LogP contribution in [0.25, 0.3) is 5.65 Å². The highest BCUT2D eigenvalue weighted by molar-refractivity contribution is 5.69. The van der Waals surface area contributed by atoms with Gasteiger partial charge in [-0.3, -0.25) is 18.9 Å². The van der Waals surface area contributed by atoms with Crippen molar-refractivity contribution in [3.05, 3.63) is 46.0 Å². The zero-order valence-corrected chi connectivity index (χ0v) is 11.6. The summed E-state index contributed by atoms with van der Waals surface area (Å²) in [7, 11) is 0. The summed E-state index contributed by atoms with van der Waals surface area (Å²) in [5, 5.41) is 8.86. The van der Waals surface area contributed by atoms with E-state index in [1.807, 2.05) is 13.0 Å². The Labute approximate surface area is 121 Å². The average molecular weight is 285 g/mol. The van der Waals surface area contributed by atoms with Gasteiger partial charge in [-0.2, -0.15) is 0 Å². The lowest BCUT2D eigenvalue weighted by Gasteiger charge is -2.17. The maximum Gasteiger partial charge on any atom is 0.317 e. The number of aromatic nitrogens is 2. The van der Waals surface area contributed by atoms with E-state index in [4.69, 9.17) is 11.5 Å². The number of aliphatic carboxylic acids is 1. The molecule has 21 heavy (non-hydrogen) atoms. The Balaban J connectivity index is 2.38. The summed E-state index contributed by atoms with van der Waals surface area (Å²) >= 11 is 0. The normalized spacial score (nSPS) is 10.7. The van der Waals surface area contributed by atoms with E-state index in [1.54, 1.807) is 17.2 Å². The van der Waals surface area contributed by atoms with Crippen molar-refractivity contribution in [1.82, 2.24) is 14.3 Å². The van der Waals surface area contributed by atoms with E-state index >= 15 is 0 Å². The number of hydrogen-bond acceptors (Lipinski definition) is 4. The topological polar surface area (TPSA) is 74.9 Å². The molecule has 0 aliphatic carbocycles. The summed E-state index contributed by atoms with van der Waals surface area (Å²) < 4.78 is 1.46. The third-order valence-corrected chi connectivity index (χ3v) is 3.00. The van der Waals surface area contributed by atoms with E-state index in [0.29, 0.717) is 11.3 Å². The van der Waals surface area contributed by atoms with Gasteiger partial charge in [0.05, 0.1) is 18.8 Å². The second-order valence-electron chi connectivity index (χ2n) is 4.71. The number of pyridine rings is 1. The Morgan fingerprint density at radius 2 is 2.33 bits per heavy atom. The zero-order chi connectivity index (χ0) is 15.4. The monoisotopic (exact) mass is 285 g/mol. The number of nitrogens with zero attached hydrogens (tertiary/aromatic N) is 3. The maximum atomic E-state index is 12.1. The molecular weight excluding hydrogens is 270 g/mol. The molecule has 0 atom stereocenters. The van der Waals surface area contributed by atoms with Gasteiger partial charge < -0.3 is 5.11 Å². The summed E-state index contributed by atoms with van der Waals surface area (Å²) in [6.45, 7) is 2.07. The molecule has 0 radical (unpaired) electrons. The van der Waals surface area contributed by atoms with Crippen molar-refractivity contribution < 1.29 is 9.90 Å². The molecule has 1 N–H and O–H groups in total. The van der Waals surface area contributed by atoms with Gasteiger partial charge in [0.2, 0.25) is 0 Å². The van der Waals surface area contributed by atoms with Crippen LogP contribution in [-0.2, 0) is 11.3 Å². The smallest absolute Gasteiger partial charge is 0.317 e. The summed E-state index contributed by atoms with van der Waals surface area (Å²) in [6, 6.07) is 5.04. The van der Waals surface area contributed by atoms with Gasteiger partial charge in [-0.15, -0.1) is 6.42 Å². The van der Waals surface area contributed by atoms with Gasteiger partial charge in [-0.05, 0) is 18.6 Å². The fourth-order valence-electron chi connectivity index (χ4n) is 2.11.